The quantitative estimate of drug-likeness (QED) is 0.444. The SMILES string of the molecule is COc1ccnc(C(=S)N[C@@H](C)C(=O)OC(C(C)C)[C@H](C)Oc2ccc(C)cc2)c1O. The third-order valence-corrected chi connectivity index (χ3v) is 5.05. The predicted molar refractivity (Wildman–Crippen MR) is 123 cm³/mol. The van der Waals surface area contributed by atoms with Gasteiger partial charge in [-0.2, -0.15) is 0 Å². The minimum atomic E-state index is -0.757. The van der Waals surface area contributed by atoms with E-state index in [1.807, 2.05) is 52.0 Å². The van der Waals surface area contributed by atoms with Crippen molar-refractivity contribution in [3.63, 3.8) is 0 Å². The molecule has 0 aliphatic rings. The summed E-state index contributed by atoms with van der Waals surface area (Å²) in [4.78, 5) is 16.9. The van der Waals surface area contributed by atoms with E-state index in [-0.39, 0.29) is 34.2 Å². The number of carbonyl (C=O) groups excluding carboxylic acids is 1. The Labute approximate surface area is 188 Å². The predicted octanol–water partition coefficient (Wildman–Crippen LogP) is 3.79. The number of hydrogen-bond acceptors (Lipinski definition) is 7. The third kappa shape index (κ3) is 6.55. The first kappa shape index (κ1) is 24.4. The minimum Gasteiger partial charge on any atom is -0.503 e. The molecule has 0 aliphatic carbocycles. The van der Waals surface area contributed by atoms with Gasteiger partial charge >= 0.3 is 5.97 Å². The van der Waals surface area contributed by atoms with Gasteiger partial charge in [-0.25, -0.2) is 9.78 Å². The molecular formula is C23H30N2O5S. The third-order valence-electron chi connectivity index (χ3n) is 4.74. The Kier molecular flexibility index (Phi) is 8.62. The van der Waals surface area contributed by atoms with Gasteiger partial charge in [0.2, 0.25) is 0 Å². The first-order chi connectivity index (χ1) is 14.6. The summed E-state index contributed by atoms with van der Waals surface area (Å²) in [6.45, 7) is 9.45. The van der Waals surface area contributed by atoms with Crippen molar-refractivity contribution in [2.75, 3.05) is 7.11 Å². The van der Waals surface area contributed by atoms with Gasteiger partial charge in [-0.05, 0) is 38.8 Å². The summed E-state index contributed by atoms with van der Waals surface area (Å²) in [5.74, 6) is 0.316. The monoisotopic (exact) mass is 446 g/mol. The van der Waals surface area contributed by atoms with Crippen molar-refractivity contribution in [3.05, 3.63) is 47.8 Å². The Balaban J connectivity index is 2.02. The molecule has 3 atom stereocenters. The molecule has 2 aromatic rings. The van der Waals surface area contributed by atoms with Crippen LogP contribution in [0.25, 0.3) is 0 Å². The van der Waals surface area contributed by atoms with E-state index < -0.39 is 18.1 Å². The van der Waals surface area contributed by atoms with E-state index in [1.165, 1.54) is 19.4 Å². The molecule has 0 aliphatic heterocycles. The molecule has 7 nitrogen and oxygen atoms in total. The summed E-state index contributed by atoms with van der Waals surface area (Å²) in [7, 11) is 1.43. The number of nitrogens with one attached hydrogen (secondary N) is 1. The molecule has 0 radical (unpaired) electrons. The number of methoxy groups -OCH3 is 1. The fraction of sp³-hybridized carbons (Fsp3) is 0.435. The highest BCUT2D eigenvalue weighted by Crippen LogP contribution is 2.27. The summed E-state index contributed by atoms with van der Waals surface area (Å²) in [6.07, 6.45) is 0.647. The molecule has 8 heteroatoms. The lowest BCUT2D eigenvalue weighted by Gasteiger charge is -2.29. The number of pyridine rings is 1. The minimum absolute atomic E-state index is 0.0349. The van der Waals surface area contributed by atoms with E-state index in [1.54, 1.807) is 6.92 Å². The van der Waals surface area contributed by atoms with Crippen LogP contribution in [-0.2, 0) is 9.53 Å². The number of aromatic hydroxyl groups is 1. The number of nitrogens with zero attached hydrogens (tertiary/aromatic N) is 1. The van der Waals surface area contributed by atoms with Crippen molar-refractivity contribution in [1.82, 2.24) is 10.3 Å². The van der Waals surface area contributed by atoms with Crippen LogP contribution in [-0.4, -0.2) is 46.4 Å². The number of hydrogen-bond donors (Lipinski definition) is 2. The molecule has 2 rings (SSSR count). The van der Waals surface area contributed by atoms with Gasteiger partial charge in [-0.1, -0.05) is 43.8 Å². The van der Waals surface area contributed by atoms with Crippen molar-refractivity contribution in [2.45, 2.75) is 52.9 Å². The van der Waals surface area contributed by atoms with Crippen molar-refractivity contribution in [3.8, 4) is 17.2 Å². The number of benzene rings is 1. The molecule has 1 heterocycles. The maximum absolute atomic E-state index is 12.7. The average molecular weight is 447 g/mol. The number of ether oxygens (including phenoxy) is 3. The molecule has 0 saturated heterocycles. The molecule has 0 amide bonds. The molecule has 0 saturated carbocycles. The van der Waals surface area contributed by atoms with Gasteiger partial charge < -0.3 is 24.6 Å². The average Bonchev–Trinajstić information content (AvgIpc) is 2.73. The Morgan fingerprint density at radius 2 is 1.77 bits per heavy atom. The van der Waals surface area contributed by atoms with Gasteiger partial charge in [0.25, 0.3) is 0 Å². The Morgan fingerprint density at radius 3 is 2.35 bits per heavy atom. The molecule has 0 spiro atoms. The molecule has 2 N–H and O–H groups in total. The van der Waals surface area contributed by atoms with Crippen LogP contribution in [0.4, 0.5) is 0 Å². The van der Waals surface area contributed by atoms with Crippen LogP contribution in [0.2, 0.25) is 0 Å². The number of rotatable bonds is 9. The highest BCUT2D eigenvalue weighted by Gasteiger charge is 2.29. The van der Waals surface area contributed by atoms with E-state index in [0.717, 1.165) is 5.56 Å². The second-order valence-electron chi connectivity index (χ2n) is 7.69. The maximum atomic E-state index is 12.7. The van der Waals surface area contributed by atoms with E-state index in [9.17, 15) is 9.90 Å². The normalized spacial score (nSPS) is 13.8. The van der Waals surface area contributed by atoms with Crippen LogP contribution in [0.15, 0.2) is 36.5 Å². The Hall–Kier alpha value is -2.87. The highest BCUT2D eigenvalue weighted by molar-refractivity contribution is 7.80. The molecular weight excluding hydrogens is 416 g/mol. The molecule has 1 aromatic heterocycles. The van der Waals surface area contributed by atoms with Gasteiger partial charge in [-0.3, -0.25) is 0 Å². The second-order valence-corrected chi connectivity index (χ2v) is 8.10. The zero-order chi connectivity index (χ0) is 23.1. The first-order valence-corrected chi connectivity index (χ1v) is 10.5. The number of aryl methyl sites for hydroxylation is 1. The molecule has 1 aromatic carbocycles. The van der Waals surface area contributed by atoms with Crippen LogP contribution in [0, 0.1) is 12.8 Å². The Morgan fingerprint density at radius 1 is 1.13 bits per heavy atom. The highest BCUT2D eigenvalue weighted by atomic mass is 32.1. The van der Waals surface area contributed by atoms with Crippen molar-refractivity contribution in [2.24, 2.45) is 5.92 Å². The van der Waals surface area contributed by atoms with Gasteiger partial charge in [0, 0.05) is 12.3 Å². The standard InChI is InChI=1S/C23H30N2O5S/c1-13(2)21(16(5)29-17-9-7-14(3)8-10-17)30-23(27)15(4)25-22(31)19-20(26)18(28-6)11-12-24-19/h7-13,15-16,21,26H,1-6H3,(H,25,31)/t15-,16-,21?/m0/s1. The van der Waals surface area contributed by atoms with Crippen LogP contribution in [0.5, 0.6) is 17.2 Å². The lowest BCUT2D eigenvalue weighted by molar-refractivity contribution is -0.158. The fourth-order valence-corrected chi connectivity index (χ4v) is 3.33. The topological polar surface area (TPSA) is 89.9 Å². The van der Waals surface area contributed by atoms with Gasteiger partial charge in [-0.15, -0.1) is 0 Å². The van der Waals surface area contributed by atoms with Gasteiger partial charge in [0.05, 0.1) is 7.11 Å². The lowest BCUT2D eigenvalue weighted by atomic mass is 10.0. The van der Waals surface area contributed by atoms with E-state index >= 15 is 0 Å². The molecule has 0 fully saturated rings. The summed E-state index contributed by atoms with van der Waals surface area (Å²) < 4.78 is 16.8. The van der Waals surface area contributed by atoms with E-state index in [4.69, 9.17) is 26.4 Å². The fourth-order valence-electron chi connectivity index (χ4n) is 3.00. The number of aromatic nitrogens is 1. The van der Waals surface area contributed by atoms with Crippen molar-refractivity contribution in [1.29, 1.82) is 0 Å². The maximum Gasteiger partial charge on any atom is 0.328 e. The van der Waals surface area contributed by atoms with Crippen molar-refractivity contribution >= 4 is 23.2 Å². The van der Waals surface area contributed by atoms with Crippen LogP contribution >= 0.6 is 12.2 Å². The largest absolute Gasteiger partial charge is 0.503 e. The summed E-state index contributed by atoms with van der Waals surface area (Å²) in [5.41, 5.74) is 1.27. The second kappa shape index (κ2) is 10.9. The zero-order valence-corrected chi connectivity index (χ0v) is 19.5. The summed E-state index contributed by atoms with van der Waals surface area (Å²) in [6, 6.07) is 8.47. The van der Waals surface area contributed by atoms with Gasteiger partial charge in [0.1, 0.15) is 34.7 Å². The first-order valence-electron chi connectivity index (χ1n) is 10.1. The smallest absolute Gasteiger partial charge is 0.328 e. The van der Waals surface area contributed by atoms with E-state index in [0.29, 0.717) is 5.75 Å². The summed E-state index contributed by atoms with van der Waals surface area (Å²) in [5, 5.41) is 13.1. The van der Waals surface area contributed by atoms with Crippen molar-refractivity contribution < 1.29 is 24.1 Å². The number of carbonyl (C=O) groups is 1. The van der Waals surface area contributed by atoms with E-state index in [2.05, 4.69) is 10.3 Å². The summed E-state index contributed by atoms with van der Waals surface area (Å²) >= 11 is 5.30. The van der Waals surface area contributed by atoms with Crippen LogP contribution < -0.4 is 14.8 Å². The van der Waals surface area contributed by atoms with Gasteiger partial charge in [0.15, 0.2) is 11.5 Å². The zero-order valence-electron chi connectivity index (χ0n) is 18.7. The molecule has 1 unspecified atom stereocenters. The lowest BCUT2D eigenvalue weighted by Crippen LogP contribution is -2.44. The number of esters is 1. The molecule has 168 valence electrons. The Bertz CT molecular complexity index is 901. The van der Waals surface area contributed by atoms with Crippen LogP contribution in [0.1, 0.15) is 39.0 Å². The molecule has 31 heavy (non-hydrogen) atoms. The van der Waals surface area contributed by atoms with Crippen LogP contribution in [0.3, 0.4) is 0 Å². The number of thiocarbonyl (C=S) groups is 1. The molecule has 0 bridgehead atoms.